The van der Waals surface area contributed by atoms with Crippen molar-refractivity contribution in [3.8, 4) is 0 Å². The first-order valence-corrected chi connectivity index (χ1v) is 8.41. The van der Waals surface area contributed by atoms with Crippen molar-refractivity contribution in [1.82, 2.24) is 4.90 Å². The standard InChI is InChI=1S/C17H30BNO5/c1-15(2,3)22-14(20)19-10-12(9-13(19)11-21-8)18-23-16(4,5)17(6,7)24-18/h9,13H,10-11H2,1-8H3. The van der Waals surface area contributed by atoms with Gasteiger partial charge < -0.3 is 18.8 Å². The molecule has 24 heavy (non-hydrogen) atoms. The van der Waals surface area contributed by atoms with E-state index in [2.05, 4.69) is 0 Å². The second-order valence-electron chi connectivity index (χ2n) is 8.46. The number of rotatable bonds is 3. The Morgan fingerprint density at radius 1 is 1.29 bits per heavy atom. The van der Waals surface area contributed by atoms with Gasteiger partial charge in [0.1, 0.15) is 5.60 Å². The number of hydrogen-bond donors (Lipinski definition) is 0. The first-order chi connectivity index (χ1) is 10.9. The highest BCUT2D eigenvalue weighted by Gasteiger charge is 2.53. The number of amides is 1. The van der Waals surface area contributed by atoms with E-state index in [-0.39, 0.29) is 12.1 Å². The van der Waals surface area contributed by atoms with Crippen LogP contribution >= 0.6 is 0 Å². The van der Waals surface area contributed by atoms with Crippen LogP contribution in [0.25, 0.3) is 0 Å². The minimum absolute atomic E-state index is 0.182. The van der Waals surface area contributed by atoms with Gasteiger partial charge in [-0.2, -0.15) is 0 Å². The molecule has 1 amide bonds. The molecule has 0 spiro atoms. The third-order valence-electron chi connectivity index (χ3n) is 4.68. The zero-order valence-electron chi connectivity index (χ0n) is 16.1. The van der Waals surface area contributed by atoms with Gasteiger partial charge in [0.15, 0.2) is 0 Å². The van der Waals surface area contributed by atoms with Crippen LogP contribution in [-0.4, -0.2) is 61.2 Å². The summed E-state index contributed by atoms with van der Waals surface area (Å²) in [7, 11) is 1.16. The van der Waals surface area contributed by atoms with E-state index in [1.54, 1.807) is 12.0 Å². The van der Waals surface area contributed by atoms with Crippen LogP contribution in [0.4, 0.5) is 4.79 Å². The Morgan fingerprint density at radius 2 is 1.83 bits per heavy atom. The molecule has 2 rings (SSSR count). The molecule has 6 nitrogen and oxygen atoms in total. The molecule has 7 heteroatoms. The average Bonchev–Trinajstić information content (AvgIpc) is 2.88. The van der Waals surface area contributed by atoms with E-state index in [4.69, 9.17) is 18.8 Å². The summed E-state index contributed by atoms with van der Waals surface area (Å²) < 4.78 is 22.9. The molecule has 0 aromatic carbocycles. The van der Waals surface area contributed by atoms with Crippen LogP contribution < -0.4 is 0 Å². The minimum atomic E-state index is -0.540. The third kappa shape index (κ3) is 3.95. The Labute approximate surface area is 145 Å². The van der Waals surface area contributed by atoms with Gasteiger partial charge in [-0.15, -0.1) is 0 Å². The van der Waals surface area contributed by atoms with Crippen molar-refractivity contribution in [3.63, 3.8) is 0 Å². The van der Waals surface area contributed by atoms with Gasteiger partial charge in [-0.05, 0) is 53.9 Å². The molecule has 1 unspecified atom stereocenters. The fourth-order valence-corrected chi connectivity index (χ4v) is 2.68. The van der Waals surface area contributed by atoms with Gasteiger partial charge in [-0.25, -0.2) is 4.79 Å². The predicted molar refractivity (Wildman–Crippen MR) is 92.8 cm³/mol. The highest BCUT2D eigenvalue weighted by Crippen LogP contribution is 2.39. The monoisotopic (exact) mass is 339 g/mol. The highest BCUT2D eigenvalue weighted by molar-refractivity contribution is 6.55. The van der Waals surface area contributed by atoms with Gasteiger partial charge in [0.2, 0.25) is 0 Å². The molecule has 1 fully saturated rings. The zero-order chi connectivity index (χ0) is 18.3. The molecule has 0 N–H and O–H groups in total. The lowest BCUT2D eigenvalue weighted by Crippen LogP contribution is -2.42. The van der Waals surface area contributed by atoms with Crippen molar-refractivity contribution in [3.05, 3.63) is 11.5 Å². The van der Waals surface area contributed by atoms with Crippen molar-refractivity contribution in [1.29, 1.82) is 0 Å². The van der Waals surface area contributed by atoms with Crippen LogP contribution in [-0.2, 0) is 18.8 Å². The van der Waals surface area contributed by atoms with Gasteiger partial charge >= 0.3 is 13.2 Å². The van der Waals surface area contributed by atoms with Crippen LogP contribution in [0.1, 0.15) is 48.5 Å². The molecule has 2 heterocycles. The summed E-state index contributed by atoms with van der Waals surface area (Å²) in [6.45, 7) is 14.4. The molecule has 2 aliphatic heterocycles. The lowest BCUT2D eigenvalue weighted by molar-refractivity contribution is 0.00578. The van der Waals surface area contributed by atoms with E-state index < -0.39 is 23.9 Å². The molecule has 0 aliphatic carbocycles. The van der Waals surface area contributed by atoms with E-state index in [0.717, 1.165) is 5.47 Å². The number of carbonyl (C=O) groups excluding carboxylic acids is 1. The van der Waals surface area contributed by atoms with E-state index in [1.807, 2.05) is 54.5 Å². The Bertz CT molecular complexity index is 508. The van der Waals surface area contributed by atoms with Crippen LogP contribution in [0, 0.1) is 0 Å². The van der Waals surface area contributed by atoms with E-state index in [0.29, 0.717) is 13.2 Å². The van der Waals surface area contributed by atoms with E-state index >= 15 is 0 Å². The molecule has 0 aromatic heterocycles. The normalized spacial score (nSPS) is 25.8. The maximum Gasteiger partial charge on any atom is 0.492 e. The lowest BCUT2D eigenvalue weighted by Gasteiger charge is -2.32. The zero-order valence-corrected chi connectivity index (χ0v) is 16.1. The van der Waals surface area contributed by atoms with Crippen LogP contribution in [0.2, 0.25) is 0 Å². The second kappa shape index (κ2) is 6.35. The maximum atomic E-state index is 12.5. The number of hydrogen-bond acceptors (Lipinski definition) is 5. The van der Waals surface area contributed by atoms with Crippen molar-refractivity contribution in [2.45, 2.75) is 71.3 Å². The quantitative estimate of drug-likeness (QED) is 0.740. The number of methoxy groups -OCH3 is 1. The summed E-state index contributed by atoms with van der Waals surface area (Å²) in [5.41, 5.74) is -0.424. The van der Waals surface area contributed by atoms with Crippen LogP contribution in [0.5, 0.6) is 0 Å². The molecule has 0 bridgehead atoms. The van der Waals surface area contributed by atoms with Crippen LogP contribution in [0.15, 0.2) is 11.5 Å². The van der Waals surface area contributed by atoms with Gasteiger partial charge in [-0.3, -0.25) is 4.90 Å². The maximum absolute atomic E-state index is 12.5. The molecule has 136 valence electrons. The largest absolute Gasteiger partial charge is 0.492 e. The highest BCUT2D eigenvalue weighted by atomic mass is 16.7. The first kappa shape index (κ1) is 19.3. The van der Waals surface area contributed by atoms with E-state index in [9.17, 15) is 4.79 Å². The van der Waals surface area contributed by atoms with E-state index in [1.165, 1.54) is 0 Å². The molecule has 2 aliphatic rings. The Morgan fingerprint density at radius 3 is 2.29 bits per heavy atom. The number of carbonyl (C=O) groups is 1. The molecule has 0 saturated carbocycles. The van der Waals surface area contributed by atoms with Crippen molar-refractivity contribution in [2.24, 2.45) is 0 Å². The Balaban J connectivity index is 2.14. The van der Waals surface area contributed by atoms with Gasteiger partial charge in [0, 0.05) is 13.7 Å². The van der Waals surface area contributed by atoms with Gasteiger partial charge in [0.05, 0.1) is 23.9 Å². The fourth-order valence-electron chi connectivity index (χ4n) is 2.68. The van der Waals surface area contributed by atoms with Crippen molar-refractivity contribution in [2.75, 3.05) is 20.3 Å². The molecule has 1 saturated heterocycles. The SMILES string of the molecule is COCC1C=C(B2OC(C)(C)C(C)(C)O2)CN1C(=O)OC(C)(C)C. The van der Waals surface area contributed by atoms with Crippen molar-refractivity contribution >= 4 is 13.2 Å². The summed E-state index contributed by atoms with van der Waals surface area (Å²) in [6, 6.07) is -0.182. The van der Waals surface area contributed by atoms with Crippen LogP contribution in [0.3, 0.4) is 0 Å². The first-order valence-electron chi connectivity index (χ1n) is 8.41. The predicted octanol–water partition coefficient (Wildman–Crippen LogP) is 2.81. The molecule has 0 aromatic rings. The molecule has 0 radical (unpaired) electrons. The van der Waals surface area contributed by atoms with Crippen molar-refractivity contribution < 1.29 is 23.6 Å². The van der Waals surface area contributed by atoms with Gasteiger partial charge in [-0.1, -0.05) is 6.08 Å². The topological polar surface area (TPSA) is 57.2 Å². The average molecular weight is 339 g/mol. The minimum Gasteiger partial charge on any atom is -0.444 e. The Kier molecular flexibility index (Phi) is 5.10. The number of nitrogens with zero attached hydrogens (tertiary/aromatic N) is 1. The third-order valence-corrected chi connectivity index (χ3v) is 4.68. The molecular weight excluding hydrogens is 309 g/mol. The number of ether oxygens (including phenoxy) is 2. The molecule has 1 atom stereocenters. The fraction of sp³-hybridized carbons (Fsp3) is 0.824. The summed E-state index contributed by atoms with van der Waals surface area (Å²) >= 11 is 0. The second-order valence-corrected chi connectivity index (χ2v) is 8.46. The summed E-state index contributed by atoms with van der Waals surface area (Å²) in [5, 5.41) is 0. The van der Waals surface area contributed by atoms with Gasteiger partial charge in [0.25, 0.3) is 0 Å². The lowest BCUT2D eigenvalue weighted by atomic mass is 9.78. The summed E-state index contributed by atoms with van der Waals surface area (Å²) in [6.07, 6.45) is 1.64. The Hall–Kier alpha value is -1.05. The smallest absolute Gasteiger partial charge is 0.444 e. The molecular formula is C17H30BNO5. The summed E-state index contributed by atoms with van der Waals surface area (Å²) in [5.74, 6) is 0. The summed E-state index contributed by atoms with van der Waals surface area (Å²) in [4.78, 5) is 14.2.